The Bertz CT molecular complexity index is 613. The van der Waals surface area contributed by atoms with E-state index in [1.165, 1.54) is 89.9 Å². The summed E-state index contributed by atoms with van der Waals surface area (Å²) < 4.78 is 0. The van der Waals surface area contributed by atoms with Gasteiger partial charge in [0.2, 0.25) is 5.91 Å². The summed E-state index contributed by atoms with van der Waals surface area (Å²) in [6, 6.07) is 7.98. The molecule has 0 N–H and O–H groups in total. The van der Waals surface area contributed by atoms with Crippen LogP contribution in [0.2, 0.25) is 5.02 Å². The van der Waals surface area contributed by atoms with Crippen LogP contribution in [0.4, 0.5) is 5.69 Å². The molecule has 1 aliphatic rings. The lowest BCUT2D eigenvalue weighted by Gasteiger charge is -2.36. The van der Waals surface area contributed by atoms with Crippen LogP contribution in [0.25, 0.3) is 0 Å². The lowest BCUT2D eigenvalue weighted by molar-refractivity contribution is -0.131. The zero-order valence-corrected chi connectivity index (χ0v) is 21.4. The van der Waals surface area contributed by atoms with Gasteiger partial charge < -0.3 is 9.80 Å². The van der Waals surface area contributed by atoms with Crippen LogP contribution >= 0.6 is 11.6 Å². The van der Waals surface area contributed by atoms with Gasteiger partial charge in [-0.3, -0.25) is 4.79 Å². The van der Waals surface area contributed by atoms with Gasteiger partial charge >= 0.3 is 0 Å². The van der Waals surface area contributed by atoms with Crippen molar-refractivity contribution < 1.29 is 4.79 Å². The molecular formula is C28H47ClN2O. The normalized spacial score (nSPS) is 14.2. The number of para-hydroxylation sites is 1. The summed E-state index contributed by atoms with van der Waals surface area (Å²) in [5, 5.41) is 0.796. The Hall–Kier alpha value is -1.22. The van der Waals surface area contributed by atoms with Crippen molar-refractivity contribution in [3.8, 4) is 0 Å². The fourth-order valence-electron chi connectivity index (χ4n) is 4.71. The zero-order valence-electron chi connectivity index (χ0n) is 20.6. The average Bonchev–Trinajstić information content (AvgIpc) is 2.82. The molecule has 1 aromatic carbocycles. The third kappa shape index (κ3) is 11.1. The summed E-state index contributed by atoms with van der Waals surface area (Å²) in [4.78, 5) is 16.9. The number of nitrogens with zero attached hydrogens (tertiary/aromatic N) is 2. The summed E-state index contributed by atoms with van der Waals surface area (Å²) in [6.45, 7) is 5.64. The SMILES string of the molecule is CCCCCCCCCCCCCCCCCC(=O)N1CCN(c2ccccc2Cl)CC1. The van der Waals surface area contributed by atoms with Gasteiger partial charge in [-0.1, -0.05) is 121 Å². The number of carbonyl (C=O) groups is 1. The van der Waals surface area contributed by atoms with Gasteiger partial charge in [0, 0.05) is 32.6 Å². The quantitative estimate of drug-likeness (QED) is 0.217. The maximum absolute atomic E-state index is 12.5. The first-order valence-electron chi connectivity index (χ1n) is 13.5. The number of anilines is 1. The molecule has 32 heavy (non-hydrogen) atoms. The fraction of sp³-hybridized carbons (Fsp3) is 0.750. The van der Waals surface area contributed by atoms with Crippen LogP contribution in [0, 0.1) is 0 Å². The van der Waals surface area contributed by atoms with E-state index in [-0.39, 0.29) is 0 Å². The van der Waals surface area contributed by atoms with Gasteiger partial charge in [-0.05, 0) is 18.6 Å². The summed E-state index contributed by atoms with van der Waals surface area (Å²) >= 11 is 6.31. The Labute approximate surface area is 202 Å². The number of hydrogen-bond acceptors (Lipinski definition) is 2. The van der Waals surface area contributed by atoms with Gasteiger partial charge in [0.05, 0.1) is 10.7 Å². The molecule has 1 aromatic rings. The number of carbonyl (C=O) groups excluding carboxylic acids is 1. The van der Waals surface area contributed by atoms with Crippen LogP contribution in [-0.2, 0) is 4.79 Å². The van der Waals surface area contributed by atoms with Crippen LogP contribution in [0.15, 0.2) is 24.3 Å². The summed E-state index contributed by atoms with van der Waals surface area (Å²) in [6.07, 6.45) is 21.1. The standard InChI is InChI=1S/C28H47ClN2O/c1-2-3-4-5-6-7-8-9-10-11-12-13-14-15-16-21-28(32)31-24-22-30(23-25-31)27-20-18-17-19-26(27)29/h17-20H,2-16,21-25H2,1H3. The molecule has 0 radical (unpaired) electrons. The molecule has 1 heterocycles. The smallest absolute Gasteiger partial charge is 0.222 e. The summed E-state index contributed by atoms with van der Waals surface area (Å²) in [5.41, 5.74) is 1.09. The minimum Gasteiger partial charge on any atom is -0.367 e. The van der Waals surface area contributed by atoms with Crippen LogP contribution in [0.1, 0.15) is 110 Å². The van der Waals surface area contributed by atoms with E-state index in [9.17, 15) is 4.79 Å². The Balaban J connectivity index is 1.39. The Morgan fingerprint density at radius 3 is 1.69 bits per heavy atom. The highest BCUT2D eigenvalue weighted by atomic mass is 35.5. The van der Waals surface area contributed by atoms with E-state index in [1.807, 2.05) is 23.1 Å². The second kappa shape index (κ2) is 17.3. The lowest BCUT2D eigenvalue weighted by atomic mass is 10.0. The number of unbranched alkanes of at least 4 members (excludes halogenated alkanes) is 14. The highest BCUT2D eigenvalue weighted by molar-refractivity contribution is 6.33. The van der Waals surface area contributed by atoms with E-state index in [1.54, 1.807) is 0 Å². The average molecular weight is 463 g/mol. The first kappa shape index (κ1) is 27.0. The van der Waals surface area contributed by atoms with Crippen molar-refractivity contribution in [2.45, 2.75) is 110 Å². The monoisotopic (exact) mass is 462 g/mol. The molecule has 1 fully saturated rings. The van der Waals surface area contributed by atoms with Crippen molar-refractivity contribution in [3.63, 3.8) is 0 Å². The van der Waals surface area contributed by atoms with Gasteiger partial charge in [0.1, 0.15) is 0 Å². The van der Waals surface area contributed by atoms with Crippen LogP contribution in [0.5, 0.6) is 0 Å². The number of piperazine rings is 1. The topological polar surface area (TPSA) is 23.6 Å². The Morgan fingerprint density at radius 2 is 1.19 bits per heavy atom. The molecular weight excluding hydrogens is 416 g/mol. The highest BCUT2D eigenvalue weighted by Crippen LogP contribution is 2.26. The van der Waals surface area contributed by atoms with Gasteiger partial charge in [-0.15, -0.1) is 0 Å². The third-order valence-electron chi connectivity index (χ3n) is 6.82. The third-order valence-corrected chi connectivity index (χ3v) is 7.14. The number of amides is 1. The summed E-state index contributed by atoms with van der Waals surface area (Å²) in [5.74, 6) is 0.332. The predicted octanol–water partition coefficient (Wildman–Crippen LogP) is 8.25. The first-order valence-corrected chi connectivity index (χ1v) is 13.9. The predicted molar refractivity (Wildman–Crippen MR) is 140 cm³/mol. The van der Waals surface area contributed by atoms with E-state index in [0.717, 1.165) is 43.3 Å². The number of rotatable bonds is 17. The number of halogens is 1. The molecule has 2 rings (SSSR count). The van der Waals surface area contributed by atoms with Crippen molar-refractivity contribution >= 4 is 23.2 Å². The molecule has 0 saturated carbocycles. The first-order chi connectivity index (χ1) is 15.7. The number of benzene rings is 1. The maximum atomic E-state index is 12.5. The lowest BCUT2D eigenvalue weighted by Crippen LogP contribution is -2.48. The largest absolute Gasteiger partial charge is 0.367 e. The van der Waals surface area contributed by atoms with Gasteiger partial charge in [0.25, 0.3) is 0 Å². The zero-order chi connectivity index (χ0) is 22.9. The van der Waals surface area contributed by atoms with Crippen molar-refractivity contribution in [1.82, 2.24) is 4.90 Å². The molecule has 3 nitrogen and oxygen atoms in total. The van der Waals surface area contributed by atoms with Gasteiger partial charge in [-0.25, -0.2) is 0 Å². The van der Waals surface area contributed by atoms with Gasteiger partial charge in [0.15, 0.2) is 0 Å². The minimum atomic E-state index is 0.332. The molecule has 1 amide bonds. The maximum Gasteiger partial charge on any atom is 0.222 e. The molecule has 182 valence electrons. The molecule has 0 aliphatic carbocycles. The number of hydrogen-bond donors (Lipinski definition) is 0. The van der Waals surface area contributed by atoms with E-state index in [2.05, 4.69) is 17.9 Å². The Kier molecular flexibility index (Phi) is 14.6. The molecule has 0 unspecified atom stereocenters. The molecule has 0 aromatic heterocycles. The fourth-order valence-corrected chi connectivity index (χ4v) is 4.97. The van der Waals surface area contributed by atoms with E-state index in [0.29, 0.717) is 12.3 Å². The summed E-state index contributed by atoms with van der Waals surface area (Å²) in [7, 11) is 0. The molecule has 1 saturated heterocycles. The van der Waals surface area contributed by atoms with Crippen LogP contribution in [0.3, 0.4) is 0 Å². The van der Waals surface area contributed by atoms with Crippen molar-refractivity contribution in [2.75, 3.05) is 31.1 Å². The van der Waals surface area contributed by atoms with Crippen molar-refractivity contribution in [1.29, 1.82) is 0 Å². The Morgan fingerprint density at radius 1 is 0.719 bits per heavy atom. The molecule has 0 spiro atoms. The van der Waals surface area contributed by atoms with Gasteiger partial charge in [-0.2, -0.15) is 0 Å². The molecule has 0 bridgehead atoms. The second-order valence-corrected chi connectivity index (χ2v) is 9.93. The van der Waals surface area contributed by atoms with Crippen LogP contribution in [-0.4, -0.2) is 37.0 Å². The minimum absolute atomic E-state index is 0.332. The van der Waals surface area contributed by atoms with Crippen molar-refractivity contribution in [3.05, 3.63) is 29.3 Å². The van der Waals surface area contributed by atoms with E-state index in [4.69, 9.17) is 11.6 Å². The second-order valence-electron chi connectivity index (χ2n) is 9.52. The van der Waals surface area contributed by atoms with E-state index < -0.39 is 0 Å². The molecule has 1 aliphatic heterocycles. The van der Waals surface area contributed by atoms with Crippen LogP contribution < -0.4 is 4.90 Å². The van der Waals surface area contributed by atoms with E-state index >= 15 is 0 Å². The molecule has 4 heteroatoms. The highest BCUT2D eigenvalue weighted by Gasteiger charge is 2.21. The molecule has 0 atom stereocenters. The van der Waals surface area contributed by atoms with Crippen molar-refractivity contribution in [2.24, 2.45) is 0 Å².